The van der Waals surface area contributed by atoms with Crippen molar-refractivity contribution in [1.82, 2.24) is 29.5 Å². The Labute approximate surface area is 179 Å². The van der Waals surface area contributed by atoms with Gasteiger partial charge in [-0.05, 0) is 24.6 Å². The molecule has 6 rings (SSSR count). The summed E-state index contributed by atoms with van der Waals surface area (Å²) in [5.74, 6) is 1.83. The van der Waals surface area contributed by atoms with E-state index >= 15 is 0 Å². The van der Waals surface area contributed by atoms with E-state index in [0.29, 0.717) is 0 Å². The van der Waals surface area contributed by atoms with Crippen molar-refractivity contribution in [1.29, 1.82) is 0 Å². The first kappa shape index (κ1) is 18.3. The third kappa shape index (κ3) is 3.12. The zero-order chi connectivity index (χ0) is 20.8. The summed E-state index contributed by atoms with van der Waals surface area (Å²) in [5.41, 5.74) is 5.45. The highest BCUT2D eigenvalue weighted by molar-refractivity contribution is 5.59. The van der Waals surface area contributed by atoms with Gasteiger partial charge in [0.25, 0.3) is 0 Å². The van der Waals surface area contributed by atoms with Crippen molar-refractivity contribution < 1.29 is 4.74 Å². The summed E-state index contributed by atoms with van der Waals surface area (Å²) >= 11 is 0. The molecule has 4 aromatic rings. The van der Waals surface area contributed by atoms with Crippen LogP contribution in [-0.4, -0.2) is 62.4 Å². The Kier molecular flexibility index (Phi) is 4.34. The standard InChI is InChI=1S/C22H24N8O/c1-15-3-2-5-30-18(15)11-17(27-30)22-21-16(23-13-26-21)4-6-29(22)20-12-19(24-14-25-20)28-7-9-31-10-8-28/h2-3,5,11-14,22H,4,6-10H2,1H3,(H,23,26)/t22-/m0/s1. The van der Waals surface area contributed by atoms with Gasteiger partial charge in [-0.1, -0.05) is 6.07 Å². The number of aromatic nitrogens is 6. The zero-order valence-electron chi connectivity index (χ0n) is 17.4. The number of rotatable bonds is 3. The second kappa shape index (κ2) is 7.35. The Morgan fingerprint density at radius 2 is 1.94 bits per heavy atom. The third-order valence-corrected chi connectivity index (χ3v) is 6.20. The van der Waals surface area contributed by atoms with Crippen LogP contribution in [0.5, 0.6) is 0 Å². The minimum Gasteiger partial charge on any atom is -0.378 e. The van der Waals surface area contributed by atoms with Crippen LogP contribution in [0.1, 0.15) is 28.7 Å². The average molecular weight is 416 g/mol. The minimum atomic E-state index is -0.110. The Bertz CT molecular complexity index is 1230. The van der Waals surface area contributed by atoms with E-state index in [-0.39, 0.29) is 6.04 Å². The Hall–Kier alpha value is -3.46. The summed E-state index contributed by atoms with van der Waals surface area (Å²) in [6.07, 6.45) is 6.31. The fourth-order valence-corrected chi connectivity index (χ4v) is 4.59. The van der Waals surface area contributed by atoms with Gasteiger partial charge in [-0.25, -0.2) is 19.5 Å². The summed E-state index contributed by atoms with van der Waals surface area (Å²) in [5, 5.41) is 4.91. The fourth-order valence-electron chi connectivity index (χ4n) is 4.59. The molecule has 0 unspecified atom stereocenters. The number of nitrogens with one attached hydrogen (secondary N) is 1. The van der Waals surface area contributed by atoms with Gasteiger partial charge in [-0.3, -0.25) is 0 Å². The molecule has 2 aliphatic heterocycles. The van der Waals surface area contributed by atoms with E-state index in [9.17, 15) is 0 Å². The lowest BCUT2D eigenvalue weighted by Crippen LogP contribution is -2.39. The summed E-state index contributed by atoms with van der Waals surface area (Å²) in [4.78, 5) is 21.7. The lowest BCUT2D eigenvalue weighted by Gasteiger charge is -2.35. The highest BCUT2D eigenvalue weighted by Gasteiger charge is 2.34. The van der Waals surface area contributed by atoms with E-state index in [4.69, 9.17) is 9.84 Å². The molecule has 9 nitrogen and oxygen atoms in total. The Morgan fingerprint density at radius 1 is 1.06 bits per heavy atom. The molecule has 158 valence electrons. The first-order chi connectivity index (χ1) is 15.3. The number of pyridine rings is 1. The molecular weight excluding hydrogens is 392 g/mol. The van der Waals surface area contributed by atoms with Crippen LogP contribution in [0, 0.1) is 6.92 Å². The molecule has 0 aliphatic carbocycles. The number of H-pyrrole nitrogens is 1. The average Bonchev–Trinajstić information content (AvgIpc) is 3.47. The largest absolute Gasteiger partial charge is 0.378 e. The molecule has 0 aromatic carbocycles. The van der Waals surface area contributed by atoms with Crippen molar-refractivity contribution in [2.75, 3.05) is 42.6 Å². The lowest BCUT2D eigenvalue weighted by molar-refractivity contribution is 0.122. The van der Waals surface area contributed by atoms with Crippen molar-refractivity contribution in [3.63, 3.8) is 0 Å². The number of imidazole rings is 1. The second-order valence-electron chi connectivity index (χ2n) is 8.04. The Morgan fingerprint density at radius 3 is 2.81 bits per heavy atom. The smallest absolute Gasteiger partial charge is 0.134 e. The molecule has 2 aliphatic rings. The summed E-state index contributed by atoms with van der Waals surface area (Å²) in [6.45, 7) is 6.07. The quantitative estimate of drug-likeness (QED) is 0.547. The van der Waals surface area contributed by atoms with Gasteiger partial charge in [0.2, 0.25) is 0 Å². The van der Waals surface area contributed by atoms with Crippen molar-refractivity contribution in [3.8, 4) is 0 Å². The molecule has 0 radical (unpaired) electrons. The van der Waals surface area contributed by atoms with Gasteiger partial charge in [-0.15, -0.1) is 0 Å². The molecule has 31 heavy (non-hydrogen) atoms. The van der Waals surface area contributed by atoms with E-state index in [0.717, 1.165) is 73.5 Å². The number of nitrogens with zero attached hydrogens (tertiary/aromatic N) is 7. The van der Waals surface area contributed by atoms with Crippen LogP contribution in [0.2, 0.25) is 0 Å². The molecule has 1 saturated heterocycles. The molecule has 9 heteroatoms. The highest BCUT2D eigenvalue weighted by atomic mass is 16.5. The molecule has 0 amide bonds. The molecular formula is C22H24N8O. The lowest BCUT2D eigenvalue weighted by atomic mass is 9.99. The molecule has 0 bridgehead atoms. The SMILES string of the molecule is Cc1cccn2nc([C@H]3c4nc[nH]c4CCN3c3cc(N4CCOCC4)ncn3)cc12. The number of anilines is 2. The first-order valence-electron chi connectivity index (χ1n) is 10.7. The van der Waals surface area contributed by atoms with Gasteiger partial charge in [-0.2, -0.15) is 5.10 Å². The van der Waals surface area contributed by atoms with Crippen LogP contribution >= 0.6 is 0 Å². The van der Waals surface area contributed by atoms with E-state index < -0.39 is 0 Å². The van der Waals surface area contributed by atoms with Gasteiger partial charge < -0.3 is 19.5 Å². The predicted octanol–water partition coefficient (Wildman–Crippen LogP) is 2.14. The molecule has 1 atom stereocenters. The van der Waals surface area contributed by atoms with Gasteiger partial charge in [0.15, 0.2) is 0 Å². The van der Waals surface area contributed by atoms with Crippen molar-refractivity contribution in [3.05, 3.63) is 65.8 Å². The summed E-state index contributed by atoms with van der Waals surface area (Å²) in [6, 6.07) is 8.27. The number of morpholine rings is 1. The monoisotopic (exact) mass is 416 g/mol. The highest BCUT2D eigenvalue weighted by Crippen LogP contribution is 2.36. The number of hydrogen-bond acceptors (Lipinski definition) is 7. The molecule has 1 N–H and O–H groups in total. The normalized spacial score (nSPS) is 19.1. The first-order valence-corrected chi connectivity index (χ1v) is 10.7. The van der Waals surface area contributed by atoms with E-state index in [1.165, 1.54) is 5.56 Å². The summed E-state index contributed by atoms with van der Waals surface area (Å²) < 4.78 is 7.44. The van der Waals surface area contributed by atoms with Gasteiger partial charge in [0.1, 0.15) is 24.0 Å². The Balaban J connectivity index is 1.44. The molecule has 4 aromatic heterocycles. The van der Waals surface area contributed by atoms with Crippen LogP contribution < -0.4 is 9.80 Å². The second-order valence-corrected chi connectivity index (χ2v) is 8.04. The van der Waals surface area contributed by atoms with Crippen LogP contribution in [0.25, 0.3) is 5.52 Å². The maximum atomic E-state index is 5.49. The van der Waals surface area contributed by atoms with Crippen molar-refractivity contribution in [2.24, 2.45) is 0 Å². The molecule has 1 fully saturated rings. The van der Waals surface area contributed by atoms with Gasteiger partial charge in [0.05, 0.1) is 36.4 Å². The zero-order valence-corrected chi connectivity index (χ0v) is 17.4. The maximum absolute atomic E-state index is 5.49. The van der Waals surface area contributed by atoms with E-state index in [1.807, 2.05) is 16.8 Å². The van der Waals surface area contributed by atoms with Crippen molar-refractivity contribution in [2.45, 2.75) is 19.4 Å². The number of aryl methyl sites for hydroxylation is 1. The van der Waals surface area contributed by atoms with E-state index in [2.05, 4.69) is 54.9 Å². The molecule has 6 heterocycles. The van der Waals surface area contributed by atoms with Crippen LogP contribution in [0.3, 0.4) is 0 Å². The van der Waals surface area contributed by atoms with Gasteiger partial charge >= 0.3 is 0 Å². The number of hydrogen-bond donors (Lipinski definition) is 1. The number of aromatic amines is 1. The third-order valence-electron chi connectivity index (χ3n) is 6.20. The topological polar surface area (TPSA) is 87.5 Å². The van der Waals surface area contributed by atoms with Crippen LogP contribution in [-0.2, 0) is 11.2 Å². The molecule has 0 saturated carbocycles. The predicted molar refractivity (Wildman–Crippen MR) is 116 cm³/mol. The molecule has 0 spiro atoms. The van der Waals surface area contributed by atoms with Crippen LogP contribution in [0.15, 0.2) is 43.1 Å². The van der Waals surface area contributed by atoms with E-state index in [1.54, 1.807) is 12.7 Å². The minimum absolute atomic E-state index is 0.110. The van der Waals surface area contributed by atoms with Crippen LogP contribution in [0.4, 0.5) is 11.6 Å². The van der Waals surface area contributed by atoms with Crippen molar-refractivity contribution >= 4 is 17.2 Å². The maximum Gasteiger partial charge on any atom is 0.134 e. The summed E-state index contributed by atoms with van der Waals surface area (Å²) in [7, 11) is 0. The number of fused-ring (bicyclic) bond motifs is 2. The fraction of sp³-hybridized carbons (Fsp3) is 0.364. The number of ether oxygens (including phenoxy) is 1. The van der Waals surface area contributed by atoms with Gasteiger partial charge in [0, 0.05) is 44.0 Å².